The van der Waals surface area contributed by atoms with Gasteiger partial charge in [0.15, 0.2) is 0 Å². The topological polar surface area (TPSA) is 9.23 Å². The first-order valence-corrected chi connectivity index (χ1v) is 5.14. The van der Waals surface area contributed by atoms with Gasteiger partial charge >= 0.3 is 0 Å². The molecule has 0 N–H and O–H groups in total. The molecule has 1 unspecified atom stereocenters. The van der Waals surface area contributed by atoms with E-state index in [9.17, 15) is 4.39 Å². The second-order valence-electron chi connectivity index (χ2n) is 2.76. The van der Waals surface area contributed by atoms with Crippen LogP contribution in [-0.4, -0.2) is 5.01 Å². The van der Waals surface area contributed by atoms with Gasteiger partial charge in [-0.05, 0) is 24.1 Å². The number of hydrogen-bond donors (Lipinski definition) is 0. The lowest BCUT2D eigenvalue weighted by atomic mass is 10.2. The van der Waals surface area contributed by atoms with Gasteiger partial charge in [0, 0.05) is 0 Å². The summed E-state index contributed by atoms with van der Waals surface area (Å²) in [6.45, 7) is 2.55. The maximum Gasteiger partial charge on any atom is 0.123 e. The van der Waals surface area contributed by atoms with Gasteiger partial charge in [0.2, 0.25) is 0 Å². The summed E-state index contributed by atoms with van der Waals surface area (Å²) in [7, 11) is 0. The molecule has 0 spiro atoms. The quantitative estimate of drug-likeness (QED) is 0.740. The van der Waals surface area contributed by atoms with E-state index in [1.807, 2.05) is 6.92 Å². The van der Waals surface area contributed by atoms with Gasteiger partial charge in [-0.25, -0.2) is 4.39 Å². The third-order valence-corrected chi connectivity index (χ3v) is 2.58. The van der Waals surface area contributed by atoms with Crippen LogP contribution in [0, 0.1) is 5.82 Å². The molecule has 0 radical (unpaired) electrons. The fourth-order valence-electron chi connectivity index (χ4n) is 0.885. The second kappa shape index (κ2) is 5.35. The van der Waals surface area contributed by atoms with Crippen LogP contribution in [-0.2, 0) is 11.3 Å². The Labute approximate surface area is 86.0 Å². The molecule has 72 valence electrons. The van der Waals surface area contributed by atoms with Crippen LogP contribution >= 0.6 is 15.9 Å². The summed E-state index contributed by atoms with van der Waals surface area (Å²) < 4.78 is 17.9. The Morgan fingerprint density at radius 1 is 1.38 bits per heavy atom. The van der Waals surface area contributed by atoms with Crippen LogP contribution < -0.4 is 0 Å². The van der Waals surface area contributed by atoms with E-state index in [2.05, 4.69) is 15.9 Å². The molecule has 0 saturated heterocycles. The summed E-state index contributed by atoms with van der Waals surface area (Å²) in [5, 5.41) is 0.0811. The smallest absolute Gasteiger partial charge is 0.123 e. The number of rotatable bonds is 4. The SMILES string of the molecule is CCC(Br)OCc1ccc(F)cc1. The van der Waals surface area contributed by atoms with E-state index in [1.54, 1.807) is 12.1 Å². The maximum atomic E-state index is 12.5. The van der Waals surface area contributed by atoms with E-state index >= 15 is 0 Å². The van der Waals surface area contributed by atoms with Crippen molar-refractivity contribution in [3.63, 3.8) is 0 Å². The number of alkyl halides is 1. The second-order valence-corrected chi connectivity index (χ2v) is 3.78. The van der Waals surface area contributed by atoms with Crippen LogP contribution in [0.4, 0.5) is 4.39 Å². The van der Waals surface area contributed by atoms with E-state index in [1.165, 1.54) is 12.1 Å². The minimum Gasteiger partial charge on any atom is -0.362 e. The number of halogens is 2. The minimum atomic E-state index is -0.213. The van der Waals surface area contributed by atoms with Gasteiger partial charge in [-0.15, -0.1) is 0 Å². The Balaban J connectivity index is 2.41. The van der Waals surface area contributed by atoms with Gasteiger partial charge in [-0.3, -0.25) is 0 Å². The highest BCUT2D eigenvalue weighted by Gasteiger charge is 2.00. The summed E-state index contributed by atoms with van der Waals surface area (Å²) in [5.74, 6) is -0.213. The first-order chi connectivity index (χ1) is 6.22. The van der Waals surface area contributed by atoms with Crippen molar-refractivity contribution in [2.24, 2.45) is 0 Å². The molecule has 1 aromatic carbocycles. The fourth-order valence-corrected chi connectivity index (χ4v) is 1.02. The lowest BCUT2D eigenvalue weighted by Gasteiger charge is -2.08. The molecule has 1 aromatic rings. The Morgan fingerprint density at radius 3 is 2.54 bits per heavy atom. The summed E-state index contributed by atoms with van der Waals surface area (Å²) in [4.78, 5) is 0. The van der Waals surface area contributed by atoms with Crippen molar-refractivity contribution in [1.82, 2.24) is 0 Å². The summed E-state index contributed by atoms with van der Waals surface area (Å²) in [6, 6.07) is 6.33. The molecular weight excluding hydrogens is 235 g/mol. The molecule has 0 aliphatic rings. The zero-order valence-corrected chi connectivity index (χ0v) is 9.05. The van der Waals surface area contributed by atoms with E-state index in [0.717, 1.165) is 12.0 Å². The highest BCUT2D eigenvalue weighted by atomic mass is 79.9. The van der Waals surface area contributed by atoms with Crippen molar-refractivity contribution in [2.75, 3.05) is 0 Å². The van der Waals surface area contributed by atoms with Gasteiger partial charge in [0.05, 0.1) is 6.61 Å². The van der Waals surface area contributed by atoms with Crippen LogP contribution in [0.1, 0.15) is 18.9 Å². The van der Waals surface area contributed by atoms with Crippen LogP contribution in [0.2, 0.25) is 0 Å². The van der Waals surface area contributed by atoms with Gasteiger partial charge in [0.1, 0.15) is 10.8 Å². The Morgan fingerprint density at radius 2 is 2.00 bits per heavy atom. The fraction of sp³-hybridized carbons (Fsp3) is 0.400. The predicted molar refractivity (Wildman–Crippen MR) is 54.2 cm³/mol. The van der Waals surface area contributed by atoms with E-state index in [0.29, 0.717) is 6.61 Å². The molecule has 1 nitrogen and oxygen atoms in total. The molecule has 0 heterocycles. The standard InChI is InChI=1S/C10H12BrFO/c1-2-10(11)13-7-8-3-5-9(12)6-4-8/h3-6,10H,2,7H2,1H3. The summed E-state index contributed by atoms with van der Waals surface area (Å²) >= 11 is 3.35. The zero-order valence-electron chi connectivity index (χ0n) is 7.47. The molecule has 0 aromatic heterocycles. The molecule has 1 rings (SSSR count). The molecular formula is C10H12BrFO. The van der Waals surface area contributed by atoms with Crippen molar-refractivity contribution >= 4 is 15.9 Å². The predicted octanol–water partition coefficient (Wildman–Crippen LogP) is 3.47. The molecule has 0 saturated carbocycles. The Kier molecular flexibility index (Phi) is 4.39. The number of ether oxygens (including phenoxy) is 1. The lowest BCUT2D eigenvalue weighted by molar-refractivity contribution is 0.101. The Bertz CT molecular complexity index is 248. The monoisotopic (exact) mass is 246 g/mol. The van der Waals surface area contributed by atoms with Crippen LogP contribution in [0.25, 0.3) is 0 Å². The molecule has 1 atom stereocenters. The van der Waals surface area contributed by atoms with Crippen molar-refractivity contribution in [3.8, 4) is 0 Å². The average Bonchev–Trinajstić information content (AvgIpc) is 2.16. The average molecular weight is 247 g/mol. The first kappa shape index (κ1) is 10.7. The zero-order chi connectivity index (χ0) is 9.68. The third kappa shape index (κ3) is 3.87. The lowest BCUT2D eigenvalue weighted by Crippen LogP contribution is -2.02. The highest BCUT2D eigenvalue weighted by Crippen LogP contribution is 2.10. The molecule has 13 heavy (non-hydrogen) atoms. The molecule has 0 aliphatic carbocycles. The molecule has 0 fully saturated rings. The van der Waals surface area contributed by atoms with Crippen molar-refractivity contribution in [1.29, 1.82) is 0 Å². The molecule has 0 aliphatic heterocycles. The third-order valence-electron chi connectivity index (χ3n) is 1.67. The van der Waals surface area contributed by atoms with Crippen LogP contribution in [0.3, 0.4) is 0 Å². The van der Waals surface area contributed by atoms with E-state index in [4.69, 9.17) is 4.74 Å². The first-order valence-electron chi connectivity index (χ1n) is 4.22. The van der Waals surface area contributed by atoms with Crippen molar-refractivity contribution in [2.45, 2.75) is 25.0 Å². The largest absolute Gasteiger partial charge is 0.362 e. The highest BCUT2D eigenvalue weighted by molar-refractivity contribution is 9.09. The maximum absolute atomic E-state index is 12.5. The number of hydrogen-bond acceptors (Lipinski definition) is 1. The summed E-state index contributed by atoms with van der Waals surface area (Å²) in [6.07, 6.45) is 0.918. The van der Waals surface area contributed by atoms with Gasteiger partial charge in [-0.2, -0.15) is 0 Å². The molecule has 0 bridgehead atoms. The normalized spacial score (nSPS) is 12.8. The van der Waals surface area contributed by atoms with Crippen LogP contribution in [0.15, 0.2) is 24.3 Å². The van der Waals surface area contributed by atoms with E-state index in [-0.39, 0.29) is 10.8 Å². The van der Waals surface area contributed by atoms with Crippen LogP contribution in [0.5, 0.6) is 0 Å². The van der Waals surface area contributed by atoms with Gasteiger partial charge in [-0.1, -0.05) is 35.0 Å². The van der Waals surface area contributed by atoms with Gasteiger partial charge in [0.25, 0.3) is 0 Å². The van der Waals surface area contributed by atoms with Crippen molar-refractivity contribution in [3.05, 3.63) is 35.6 Å². The van der Waals surface area contributed by atoms with E-state index < -0.39 is 0 Å². The summed E-state index contributed by atoms with van der Waals surface area (Å²) in [5.41, 5.74) is 0.985. The number of benzene rings is 1. The minimum absolute atomic E-state index is 0.0811. The molecule has 0 amide bonds. The molecule has 3 heteroatoms. The van der Waals surface area contributed by atoms with Crippen molar-refractivity contribution < 1.29 is 9.13 Å². The Hall–Kier alpha value is -0.410. The van der Waals surface area contributed by atoms with Gasteiger partial charge < -0.3 is 4.74 Å².